The van der Waals surface area contributed by atoms with Crippen molar-refractivity contribution in [3.63, 3.8) is 0 Å². The van der Waals surface area contributed by atoms with Gasteiger partial charge < -0.3 is 4.74 Å². The third kappa shape index (κ3) is 2.26. The Balaban J connectivity index is 3.22. The summed E-state index contributed by atoms with van der Waals surface area (Å²) in [5.41, 5.74) is -1.04. The van der Waals surface area contributed by atoms with Crippen molar-refractivity contribution in [2.45, 2.75) is 6.18 Å². The SMILES string of the molecule is COc1cccc(C(=O)C(F)(F)F)c1F. The van der Waals surface area contributed by atoms with Crippen LogP contribution in [-0.2, 0) is 0 Å². The number of rotatable bonds is 2. The fraction of sp³-hybridized carbons (Fsp3) is 0.222. The van der Waals surface area contributed by atoms with Crippen LogP contribution >= 0.6 is 0 Å². The first-order valence-corrected chi connectivity index (χ1v) is 3.82. The molecule has 0 bridgehead atoms. The fourth-order valence-corrected chi connectivity index (χ4v) is 0.997. The van der Waals surface area contributed by atoms with Crippen molar-refractivity contribution < 1.29 is 27.1 Å². The molecule has 1 rings (SSSR count). The zero-order chi connectivity index (χ0) is 11.6. The lowest BCUT2D eigenvalue weighted by Crippen LogP contribution is -2.23. The zero-order valence-electron chi connectivity index (χ0n) is 7.56. The van der Waals surface area contributed by atoms with Crippen LogP contribution in [0.25, 0.3) is 0 Å². The van der Waals surface area contributed by atoms with Gasteiger partial charge in [-0.05, 0) is 12.1 Å². The normalized spacial score (nSPS) is 11.3. The van der Waals surface area contributed by atoms with E-state index in [1.165, 1.54) is 0 Å². The van der Waals surface area contributed by atoms with Gasteiger partial charge in [-0.3, -0.25) is 4.79 Å². The Bertz CT molecular complexity index is 384. The highest BCUT2D eigenvalue weighted by atomic mass is 19.4. The predicted molar refractivity (Wildman–Crippen MR) is 43.3 cm³/mol. The van der Waals surface area contributed by atoms with E-state index in [1.54, 1.807) is 0 Å². The number of halogens is 4. The van der Waals surface area contributed by atoms with E-state index in [1.807, 2.05) is 0 Å². The second kappa shape index (κ2) is 3.88. The molecule has 0 amide bonds. The Labute approximate surface area is 82.5 Å². The average molecular weight is 222 g/mol. The van der Waals surface area contributed by atoms with Gasteiger partial charge in [-0.2, -0.15) is 13.2 Å². The minimum absolute atomic E-state index is 0.398. The lowest BCUT2D eigenvalue weighted by molar-refractivity contribution is -0.0887. The molecule has 2 nitrogen and oxygen atoms in total. The number of carbonyl (C=O) groups is 1. The van der Waals surface area contributed by atoms with Gasteiger partial charge >= 0.3 is 6.18 Å². The van der Waals surface area contributed by atoms with Gasteiger partial charge in [0.05, 0.1) is 12.7 Å². The highest BCUT2D eigenvalue weighted by Gasteiger charge is 2.41. The molecule has 0 radical (unpaired) electrons. The van der Waals surface area contributed by atoms with Crippen molar-refractivity contribution >= 4 is 5.78 Å². The minimum atomic E-state index is -5.09. The summed E-state index contributed by atoms with van der Waals surface area (Å²) in [6.45, 7) is 0. The molecule has 0 saturated carbocycles. The first-order chi connectivity index (χ1) is 6.88. The number of hydrogen-bond donors (Lipinski definition) is 0. The number of alkyl halides is 3. The molecule has 0 saturated heterocycles. The van der Waals surface area contributed by atoms with Crippen LogP contribution in [0.4, 0.5) is 17.6 Å². The van der Waals surface area contributed by atoms with Crippen LogP contribution in [0.3, 0.4) is 0 Å². The Kier molecular flexibility index (Phi) is 2.97. The zero-order valence-corrected chi connectivity index (χ0v) is 7.56. The Morgan fingerprint density at radius 2 is 1.93 bits per heavy atom. The Morgan fingerprint density at radius 3 is 2.40 bits per heavy atom. The molecule has 0 atom stereocenters. The van der Waals surface area contributed by atoms with Crippen LogP contribution in [0.15, 0.2) is 18.2 Å². The van der Waals surface area contributed by atoms with Crippen molar-refractivity contribution in [3.8, 4) is 5.75 Å². The van der Waals surface area contributed by atoms with Gasteiger partial charge in [0, 0.05) is 0 Å². The molecular weight excluding hydrogens is 216 g/mol. The lowest BCUT2D eigenvalue weighted by atomic mass is 10.1. The Morgan fingerprint density at radius 1 is 1.33 bits per heavy atom. The number of benzene rings is 1. The van der Waals surface area contributed by atoms with Crippen molar-refractivity contribution in [1.29, 1.82) is 0 Å². The van der Waals surface area contributed by atoms with E-state index in [9.17, 15) is 22.4 Å². The number of ether oxygens (including phenoxy) is 1. The number of hydrogen-bond acceptors (Lipinski definition) is 2. The van der Waals surface area contributed by atoms with Crippen LogP contribution in [0.2, 0.25) is 0 Å². The number of Topliss-reactive ketones (excluding diaryl/α,β-unsaturated/α-hetero) is 1. The molecule has 0 unspecified atom stereocenters. The third-order valence-corrected chi connectivity index (χ3v) is 1.69. The van der Waals surface area contributed by atoms with Gasteiger partial charge in [-0.25, -0.2) is 4.39 Å². The van der Waals surface area contributed by atoms with E-state index in [-0.39, 0.29) is 0 Å². The second-order valence-corrected chi connectivity index (χ2v) is 2.65. The number of carbonyl (C=O) groups excluding carboxylic acids is 1. The van der Waals surface area contributed by atoms with E-state index in [4.69, 9.17) is 0 Å². The van der Waals surface area contributed by atoms with Crippen molar-refractivity contribution in [3.05, 3.63) is 29.6 Å². The first-order valence-electron chi connectivity index (χ1n) is 3.82. The fourth-order valence-electron chi connectivity index (χ4n) is 0.997. The summed E-state index contributed by atoms with van der Waals surface area (Å²) in [5.74, 6) is -3.92. The molecule has 0 heterocycles. The van der Waals surface area contributed by atoms with E-state index < -0.39 is 29.1 Å². The monoisotopic (exact) mass is 222 g/mol. The van der Waals surface area contributed by atoms with Crippen LogP contribution < -0.4 is 4.74 Å². The maximum atomic E-state index is 13.2. The molecule has 0 fully saturated rings. The van der Waals surface area contributed by atoms with E-state index in [0.29, 0.717) is 0 Å². The first kappa shape index (κ1) is 11.5. The maximum absolute atomic E-state index is 13.2. The van der Waals surface area contributed by atoms with E-state index in [0.717, 1.165) is 25.3 Å². The van der Waals surface area contributed by atoms with Gasteiger partial charge in [0.15, 0.2) is 11.6 Å². The molecule has 0 aliphatic carbocycles. The van der Waals surface area contributed by atoms with Crippen LogP contribution in [0.1, 0.15) is 10.4 Å². The lowest BCUT2D eigenvalue weighted by Gasteiger charge is -2.08. The van der Waals surface area contributed by atoms with E-state index >= 15 is 0 Å². The largest absolute Gasteiger partial charge is 0.494 e. The summed E-state index contributed by atoms with van der Waals surface area (Å²) in [4.78, 5) is 10.7. The van der Waals surface area contributed by atoms with Crippen molar-refractivity contribution in [2.24, 2.45) is 0 Å². The molecule has 0 N–H and O–H groups in total. The summed E-state index contributed by atoms with van der Waals surface area (Å²) in [6.07, 6.45) is -5.09. The standard InChI is InChI=1S/C9H6F4O2/c1-15-6-4-2-3-5(7(6)10)8(14)9(11,12)13/h2-4H,1H3. The summed E-state index contributed by atoms with van der Waals surface area (Å²) in [7, 11) is 1.10. The highest BCUT2D eigenvalue weighted by Crippen LogP contribution is 2.27. The second-order valence-electron chi connectivity index (χ2n) is 2.65. The average Bonchev–Trinajstić information content (AvgIpc) is 2.16. The molecule has 0 spiro atoms. The van der Waals surface area contributed by atoms with Gasteiger partial charge in [0.25, 0.3) is 5.78 Å². The topological polar surface area (TPSA) is 26.3 Å². The van der Waals surface area contributed by atoms with Gasteiger partial charge in [0.1, 0.15) is 0 Å². The molecule has 0 aliphatic rings. The van der Waals surface area contributed by atoms with Crippen molar-refractivity contribution in [1.82, 2.24) is 0 Å². The van der Waals surface area contributed by atoms with Crippen molar-refractivity contribution in [2.75, 3.05) is 7.11 Å². The quantitative estimate of drug-likeness (QED) is 0.567. The summed E-state index contributed by atoms with van der Waals surface area (Å²) in [5, 5.41) is 0. The summed E-state index contributed by atoms with van der Waals surface area (Å²) >= 11 is 0. The molecule has 0 aromatic heterocycles. The van der Waals surface area contributed by atoms with Crippen LogP contribution in [0, 0.1) is 5.82 Å². The molecule has 1 aromatic carbocycles. The van der Waals surface area contributed by atoms with Crippen LogP contribution in [0.5, 0.6) is 5.75 Å². The Hall–Kier alpha value is -1.59. The molecule has 1 aromatic rings. The smallest absolute Gasteiger partial charge is 0.454 e. The third-order valence-electron chi connectivity index (χ3n) is 1.69. The van der Waals surface area contributed by atoms with Gasteiger partial charge in [-0.1, -0.05) is 6.07 Å². The molecular formula is C9H6F4O2. The minimum Gasteiger partial charge on any atom is -0.494 e. The van der Waals surface area contributed by atoms with Crippen LogP contribution in [-0.4, -0.2) is 19.1 Å². The maximum Gasteiger partial charge on any atom is 0.454 e. The predicted octanol–water partition coefficient (Wildman–Crippen LogP) is 2.58. The van der Waals surface area contributed by atoms with Gasteiger partial charge in [0.2, 0.25) is 0 Å². The number of ketones is 1. The number of methoxy groups -OCH3 is 1. The summed E-state index contributed by atoms with van der Waals surface area (Å²) < 4.78 is 53.6. The summed E-state index contributed by atoms with van der Waals surface area (Å²) in [6, 6.07) is 3.00. The molecule has 15 heavy (non-hydrogen) atoms. The highest BCUT2D eigenvalue weighted by molar-refractivity contribution is 6.00. The van der Waals surface area contributed by atoms with Gasteiger partial charge in [-0.15, -0.1) is 0 Å². The molecule has 0 aliphatic heterocycles. The molecule has 6 heteroatoms. The molecule has 82 valence electrons. The van der Waals surface area contributed by atoms with E-state index in [2.05, 4.69) is 4.74 Å².